The molecule has 21 heavy (non-hydrogen) atoms. The summed E-state index contributed by atoms with van der Waals surface area (Å²) in [4.78, 5) is 4.80. The van der Waals surface area contributed by atoms with Crippen molar-refractivity contribution in [2.45, 2.75) is 25.4 Å². The molecule has 0 aromatic heterocycles. The number of benzene rings is 1. The van der Waals surface area contributed by atoms with Gasteiger partial charge >= 0.3 is 0 Å². The lowest BCUT2D eigenvalue weighted by molar-refractivity contribution is 0.127. The van der Waals surface area contributed by atoms with E-state index in [9.17, 15) is 0 Å². The van der Waals surface area contributed by atoms with Crippen LogP contribution in [0.2, 0.25) is 0 Å². The minimum absolute atomic E-state index is 0.600. The average molecular weight is 291 g/mol. The van der Waals surface area contributed by atoms with Gasteiger partial charge in [0.15, 0.2) is 11.5 Å². The van der Waals surface area contributed by atoms with Crippen LogP contribution >= 0.6 is 0 Å². The molecule has 1 saturated heterocycles. The third kappa shape index (κ3) is 3.24. The maximum Gasteiger partial charge on any atom is 0.163 e. The molecule has 2 N–H and O–H groups in total. The van der Waals surface area contributed by atoms with Gasteiger partial charge in [-0.05, 0) is 45.1 Å². The molecule has 2 aliphatic heterocycles. The van der Waals surface area contributed by atoms with Crippen LogP contribution in [0.15, 0.2) is 12.1 Å². The van der Waals surface area contributed by atoms with E-state index < -0.39 is 0 Å². The molecule has 0 spiro atoms. The molecule has 1 atom stereocenters. The summed E-state index contributed by atoms with van der Waals surface area (Å²) in [6.07, 6.45) is 2.52. The standard InChI is InChI=1S/C16H25N3O2/c1-18(2)13-4-3-5-19(11-13)10-12-8-15-16(9-14(12)17)21-7-6-20-15/h8-9,13H,3-7,10-11,17H2,1-2H3. The van der Waals surface area contributed by atoms with Gasteiger partial charge in [0.05, 0.1) is 0 Å². The van der Waals surface area contributed by atoms with Crippen LogP contribution in [0.3, 0.4) is 0 Å². The highest BCUT2D eigenvalue weighted by Crippen LogP contribution is 2.35. The van der Waals surface area contributed by atoms with Crippen molar-refractivity contribution in [1.29, 1.82) is 0 Å². The first kappa shape index (κ1) is 14.5. The molecule has 5 nitrogen and oxygen atoms in total. The molecule has 1 aromatic carbocycles. The van der Waals surface area contributed by atoms with Crippen molar-refractivity contribution >= 4 is 5.69 Å². The quantitative estimate of drug-likeness (QED) is 0.857. The minimum Gasteiger partial charge on any atom is -0.486 e. The maximum atomic E-state index is 6.18. The Hall–Kier alpha value is -1.46. The van der Waals surface area contributed by atoms with Crippen molar-refractivity contribution in [1.82, 2.24) is 9.80 Å². The first-order valence-electron chi connectivity index (χ1n) is 7.70. The number of rotatable bonds is 3. The molecule has 0 bridgehead atoms. The Kier molecular flexibility index (Phi) is 4.22. The number of hydrogen-bond acceptors (Lipinski definition) is 5. The highest BCUT2D eigenvalue weighted by Gasteiger charge is 2.23. The van der Waals surface area contributed by atoms with E-state index in [1.807, 2.05) is 12.1 Å². The van der Waals surface area contributed by atoms with Gasteiger partial charge in [0.25, 0.3) is 0 Å². The van der Waals surface area contributed by atoms with Crippen molar-refractivity contribution in [2.24, 2.45) is 0 Å². The molecular weight excluding hydrogens is 266 g/mol. The van der Waals surface area contributed by atoms with E-state index in [-0.39, 0.29) is 0 Å². The molecule has 1 aromatic rings. The average Bonchev–Trinajstić information content (AvgIpc) is 2.48. The molecule has 0 saturated carbocycles. The van der Waals surface area contributed by atoms with Gasteiger partial charge in [0, 0.05) is 30.9 Å². The zero-order valence-corrected chi connectivity index (χ0v) is 13.0. The van der Waals surface area contributed by atoms with Crippen LogP contribution < -0.4 is 15.2 Å². The number of likely N-dealkylation sites (N-methyl/N-ethyl adjacent to an activating group) is 1. The number of nitrogens with zero attached hydrogens (tertiary/aromatic N) is 2. The van der Waals surface area contributed by atoms with E-state index in [2.05, 4.69) is 23.9 Å². The molecule has 0 aliphatic carbocycles. The van der Waals surface area contributed by atoms with Crippen LogP contribution in [0, 0.1) is 0 Å². The maximum absolute atomic E-state index is 6.18. The largest absolute Gasteiger partial charge is 0.486 e. The highest BCUT2D eigenvalue weighted by atomic mass is 16.6. The Balaban J connectivity index is 1.72. The van der Waals surface area contributed by atoms with Crippen molar-refractivity contribution in [3.8, 4) is 11.5 Å². The van der Waals surface area contributed by atoms with Crippen LogP contribution in [0.1, 0.15) is 18.4 Å². The number of likely N-dealkylation sites (tertiary alicyclic amines) is 1. The Bertz CT molecular complexity index is 505. The Morgan fingerprint density at radius 3 is 2.67 bits per heavy atom. The van der Waals surface area contributed by atoms with Crippen LogP contribution in [-0.4, -0.2) is 56.2 Å². The van der Waals surface area contributed by atoms with Gasteiger partial charge < -0.3 is 20.1 Å². The SMILES string of the molecule is CN(C)C1CCCN(Cc2cc3c(cc2N)OCCO3)C1. The molecule has 5 heteroatoms. The topological polar surface area (TPSA) is 51.0 Å². The van der Waals surface area contributed by atoms with Crippen molar-refractivity contribution in [3.05, 3.63) is 17.7 Å². The minimum atomic E-state index is 0.600. The Morgan fingerprint density at radius 2 is 1.95 bits per heavy atom. The molecule has 2 heterocycles. The second-order valence-electron chi connectivity index (χ2n) is 6.19. The first-order valence-corrected chi connectivity index (χ1v) is 7.70. The van der Waals surface area contributed by atoms with Crippen LogP contribution in [0.4, 0.5) is 5.69 Å². The van der Waals surface area contributed by atoms with Gasteiger partial charge in [-0.25, -0.2) is 0 Å². The number of hydrogen-bond donors (Lipinski definition) is 1. The van der Waals surface area contributed by atoms with E-state index in [1.165, 1.54) is 12.8 Å². The number of ether oxygens (including phenoxy) is 2. The normalized spacial score (nSPS) is 22.5. The molecule has 3 rings (SSSR count). The fourth-order valence-electron chi connectivity index (χ4n) is 3.12. The lowest BCUT2D eigenvalue weighted by Crippen LogP contribution is -2.44. The summed E-state index contributed by atoms with van der Waals surface area (Å²) >= 11 is 0. The lowest BCUT2D eigenvalue weighted by atomic mass is 10.0. The van der Waals surface area contributed by atoms with Gasteiger partial charge in [-0.3, -0.25) is 4.90 Å². The van der Waals surface area contributed by atoms with Gasteiger partial charge in [-0.15, -0.1) is 0 Å². The second-order valence-corrected chi connectivity index (χ2v) is 6.19. The van der Waals surface area contributed by atoms with E-state index in [4.69, 9.17) is 15.2 Å². The first-order chi connectivity index (χ1) is 10.1. The summed E-state index contributed by atoms with van der Waals surface area (Å²) in [5.41, 5.74) is 8.12. The number of nitrogens with two attached hydrogens (primary N) is 1. The summed E-state index contributed by atoms with van der Waals surface area (Å²) in [6.45, 7) is 4.33. The van der Waals surface area contributed by atoms with E-state index in [0.29, 0.717) is 19.3 Å². The Morgan fingerprint density at radius 1 is 1.24 bits per heavy atom. The molecule has 0 radical (unpaired) electrons. The number of fused-ring (bicyclic) bond motifs is 1. The summed E-state index contributed by atoms with van der Waals surface area (Å²) in [5, 5.41) is 0. The zero-order valence-electron chi connectivity index (χ0n) is 13.0. The van der Waals surface area contributed by atoms with Crippen molar-refractivity contribution in [3.63, 3.8) is 0 Å². The van der Waals surface area contributed by atoms with E-state index >= 15 is 0 Å². The lowest BCUT2D eigenvalue weighted by Gasteiger charge is -2.36. The van der Waals surface area contributed by atoms with Gasteiger partial charge in [-0.2, -0.15) is 0 Å². The smallest absolute Gasteiger partial charge is 0.163 e. The van der Waals surface area contributed by atoms with Crippen LogP contribution in [-0.2, 0) is 6.54 Å². The fraction of sp³-hybridized carbons (Fsp3) is 0.625. The van der Waals surface area contributed by atoms with Crippen molar-refractivity contribution < 1.29 is 9.47 Å². The van der Waals surface area contributed by atoms with Crippen LogP contribution in [0.25, 0.3) is 0 Å². The summed E-state index contributed by atoms with van der Waals surface area (Å²) < 4.78 is 11.2. The Labute approximate surface area is 126 Å². The molecule has 0 amide bonds. The van der Waals surface area contributed by atoms with E-state index in [0.717, 1.165) is 42.4 Å². The fourth-order valence-corrected chi connectivity index (χ4v) is 3.12. The summed E-state index contributed by atoms with van der Waals surface area (Å²) in [5.74, 6) is 1.60. The number of nitrogen functional groups attached to an aromatic ring is 1. The molecule has 1 unspecified atom stereocenters. The molecule has 1 fully saturated rings. The summed E-state index contributed by atoms with van der Waals surface area (Å²) in [6, 6.07) is 4.58. The van der Waals surface area contributed by atoms with Crippen LogP contribution in [0.5, 0.6) is 11.5 Å². The zero-order chi connectivity index (χ0) is 14.8. The molecular formula is C16H25N3O2. The molecule has 2 aliphatic rings. The van der Waals surface area contributed by atoms with E-state index in [1.54, 1.807) is 0 Å². The second kappa shape index (κ2) is 6.12. The predicted octanol–water partition coefficient (Wildman–Crippen LogP) is 1.57. The highest BCUT2D eigenvalue weighted by molar-refractivity contribution is 5.58. The third-order valence-electron chi connectivity index (χ3n) is 4.41. The summed E-state index contributed by atoms with van der Waals surface area (Å²) in [7, 11) is 4.32. The number of anilines is 1. The monoisotopic (exact) mass is 291 g/mol. The van der Waals surface area contributed by atoms with Gasteiger partial charge in [0.2, 0.25) is 0 Å². The predicted molar refractivity (Wildman–Crippen MR) is 83.8 cm³/mol. The van der Waals surface area contributed by atoms with Gasteiger partial charge in [0.1, 0.15) is 13.2 Å². The molecule has 116 valence electrons. The number of piperidine rings is 1. The van der Waals surface area contributed by atoms with Crippen molar-refractivity contribution in [2.75, 3.05) is 46.1 Å². The third-order valence-corrected chi connectivity index (χ3v) is 4.41. The van der Waals surface area contributed by atoms with Gasteiger partial charge in [-0.1, -0.05) is 0 Å².